The molecule has 0 atom stereocenters. The molecule has 2 rings (SSSR count). The summed E-state index contributed by atoms with van der Waals surface area (Å²) in [4.78, 5) is 0. The molecule has 1 fully saturated rings. The molecule has 1 aromatic rings. The SMILES string of the molecule is Nc1ccc(F)c(NS(=O)(=O)C2CCOCC2)c1. The molecule has 0 amide bonds. The largest absolute Gasteiger partial charge is 0.399 e. The number of nitrogens with two attached hydrogens (primary N) is 1. The van der Waals surface area contributed by atoms with Crippen LogP contribution >= 0.6 is 0 Å². The van der Waals surface area contributed by atoms with Gasteiger partial charge in [0.2, 0.25) is 10.0 Å². The van der Waals surface area contributed by atoms with Gasteiger partial charge in [0, 0.05) is 18.9 Å². The minimum absolute atomic E-state index is 0.110. The first-order valence-corrected chi connectivity index (χ1v) is 7.18. The number of nitrogens with one attached hydrogen (secondary N) is 1. The Labute approximate surface area is 105 Å². The molecule has 0 unspecified atom stereocenters. The zero-order valence-corrected chi connectivity index (χ0v) is 10.5. The van der Waals surface area contributed by atoms with Crippen molar-refractivity contribution < 1.29 is 17.5 Å². The highest BCUT2D eigenvalue weighted by Gasteiger charge is 2.28. The number of hydrogen-bond acceptors (Lipinski definition) is 4. The van der Waals surface area contributed by atoms with Gasteiger partial charge in [0.1, 0.15) is 5.82 Å². The maximum Gasteiger partial charge on any atom is 0.235 e. The number of anilines is 2. The summed E-state index contributed by atoms with van der Waals surface area (Å²) in [6.07, 6.45) is 0.832. The van der Waals surface area contributed by atoms with Crippen molar-refractivity contribution >= 4 is 21.4 Å². The zero-order chi connectivity index (χ0) is 13.2. The monoisotopic (exact) mass is 274 g/mol. The van der Waals surface area contributed by atoms with E-state index in [4.69, 9.17) is 10.5 Å². The van der Waals surface area contributed by atoms with Crippen LogP contribution in [0.1, 0.15) is 12.8 Å². The summed E-state index contributed by atoms with van der Waals surface area (Å²) in [5.41, 5.74) is 5.70. The Kier molecular flexibility index (Phi) is 3.72. The van der Waals surface area contributed by atoms with Crippen LogP contribution in [0.15, 0.2) is 18.2 Å². The number of halogens is 1. The molecule has 7 heteroatoms. The third-order valence-electron chi connectivity index (χ3n) is 2.85. The third-order valence-corrected chi connectivity index (χ3v) is 4.70. The number of ether oxygens (including phenoxy) is 1. The normalized spacial score (nSPS) is 17.6. The molecule has 1 saturated heterocycles. The summed E-state index contributed by atoms with van der Waals surface area (Å²) >= 11 is 0. The highest BCUT2D eigenvalue weighted by molar-refractivity contribution is 7.93. The molecule has 1 heterocycles. The van der Waals surface area contributed by atoms with E-state index < -0.39 is 21.1 Å². The van der Waals surface area contributed by atoms with Crippen molar-refractivity contribution in [2.24, 2.45) is 0 Å². The van der Waals surface area contributed by atoms with Crippen LogP contribution in [0.5, 0.6) is 0 Å². The highest BCUT2D eigenvalue weighted by Crippen LogP contribution is 2.23. The third kappa shape index (κ3) is 2.91. The maximum atomic E-state index is 13.5. The van der Waals surface area contributed by atoms with Crippen LogP contribution in [-0.2, 0) is 14.8 Å². The number of hydrogen-bond donors (Lipinski definition) is 2. The van der Waals surface area contributed by atoms with Crippen molar-refractivity contribution in [2.75, 3.05) is 23.7 Å². The van der Waals surface area contributed by atoms with E-state index in [2.05, 4.69) is 4.72 Å². The molecule has 0 spiro atoms. The Morgan fingerprint density at radius 3 is 2.67 bits per heavy atom. The molecular formula is C11H15FN2O3S. The Balaban J connectivity index is 2.18. The second-order valence-corrected chi connectivity index (χ2v) is 6.16. The van der Waals surface area contributed by atoms with Crippen LogP contribution in [0.25, 0.3) is 0 Å². The summed E-state index contributed by atoms with van der Waals surface area (Å²) in [6, 6.07) is 3.78. The Morgan fingerprint density at radius 1 is 1.33 bits per heavy atom. The van der Waals surface area contributed by atoms with E-state index in [-0.39, 0.29) is 5.69 Å². The molecule has 0 bridgehead atoms. The van der Waals surface area contributed by atoms with Crippen molar-refractivity contribution in [3.8, 4) is 0 Å². The first-order valence-electron chi connectivity index (χ1n) is 5.63. The van der Waals surface area contributed by atoms with E-state index in [0.29, 0.717) is 31.7 Å². The van der Waals surface area contributed by atoms with E-state index in [1.165, 1.54) is 12.1 Å². The lowest BCUT2D eigenvalue weighted by atomic mass is 10.2. The standard InChI is InChI=1S/C11H15FN2O3S/c12-10-2-1-8(13)7-11(10)14-18(15,16)9-3-5-17-6-4-9/h1-2,7,9,14H,3-6,13H2. The van der Waals surface area contributed by atoms with Crippen molar-refractivity contribution in [3.05, 3.63) is 24.0 Å². The number of nitrogen functional groups attached to an aromatic ring is 1. The molecule has 0 aliphatic carbocycles. The van der Waals surface area contributed by atoms with Gasteiger partial charge in [0.15, 0.2) is 0 Å². The summed E-state index contributed by atoms with van der Waals surface area (Å²) in [5.74, 6) is -0.639. The topological polar surface area (TPSA) is 81.4 Å². The smallest absolute Gasteiger partial charge is 0.235 e. The Bertz CT molecular complexity index is 527. The van der Waals surface area contributed by atoms with E-state index in [0.717, 1.165) is 6.07 Å². The summed E-state index contributed by atoms with van der Waals surface area (Å²) in [6.45, 7) is 0.815. The zero-order valence-electron chi connectivity index (χ0n) is 9.73. The van der Waals surface area contributed by atoms with E-state index in [1.807, 2.05) is 0 Å². The molecule has 1 aliphatic heterocycles. The molecule has 5 nitrogen and oxygen atoms in total. The fraction of sp³-hybridized carbons (Fsp3) is 0.455. The van der Waals surface area contributed by atoms with Crippen molar-refractivity contribution in [2.45, 2.75) is 18.1 Å². The molecule has 0 aromatic heterocycles. The molecule has 3 N–H and O–H groups in total. The minimum atomic E-state index is -3.60. The van der Waals surface area contributed by atoms with Crippen LogP contribution in [0.4, 0.5) is 15.8 Å². The first-order chi connectivity index (χ1) is 8.49. The quantitative estimate of drug-likeness (QED) is 0.815. The van der Waals surface area contributed by atoms with Gasteiger partial charge in [-0.2, -0.15) is 0 Å². The van der Waals surface area contributed by atoms with Crippen molar-refractivity contribution in [3.63, 3.8) is 0 Å². The van der Waals surface area contributed by atoms with Gasteiger partial charge in [-0.1, -0.05) is 0 Å². The molecule has 18 heavy (non-hydrogen) atoms. The average molecular weight is 274 g/mol. The number of sulfonamides is 1. The lowest BCUT2D eigenvalue weighted by Crippen LogP contribution is -2.33. The van der Waals surface area contributed by atoms with Gasteiger partial charge in [-0.25, -0.2) is 12.8 Å². The van der Waals surface area contributed by atoms with Gasteiger partial charge in [-0.05, 0) is 31.0 Å². The van der Waals surface area contributed by atoms with Gasteiger partial charge in [-0.3, -0.25) is 4.72 Å². The van der Waals surface area contributed by atoms with Crippen LogP contribution in [0.3, 0.4) is 0 Å². The average Bonchev–Trinajstić information content (AvgIpc) is 2.35. The van der Waals surface area contributed by atoms with Gasteiger partial charge < -0.3 is 10.5 Å². The Hall–Kier alpha value is -1.34. The maximum absolute atomic E-state index is 13.5. The van der Waals surface area contributed by atoms with Gasteiger partial charge in [0.05, 0.1) is 10.9 Å². The molecule has 0 radical (unpaired) electrons. The second-order valence-electron chi connectivity index (χ2n) is 4.20. The lowest BCUT2D eigenvalue weighted by Gasteiger charge is -2.22. The van der Waals surface area contributed by atoms with E-state index >= 15 is 0 Å². The number of rotatable bonds is 3. The second kappa shape index (κ2) is 5.11. The highest BCUT2D eigenvalue weighted by atomic mass is 32.2. The van der Waals surface area contributed by atoms with E-state index in [1.54, 1.807) is 0 Å². The summed E-state index contributed by atoms with van der Waals surface area (Å²) in [7, 11) is -3.60. The van der Waals surface area contributed by atoms with Crippen LogP contribution in [-0.4, -0.2) is 26.9 Å². The predicted molar refractivity (Wildman–Crippen MR) is 67.2 cm³/mol. The van der Waals surface area contributed by atoms with Gasteiger partial charge in [0.25, 0.3) is 0 Å². The van der Waals surface area contributed by atoms with Crippen LogP contribution in [0.2, 0.25) is 0 Å². The fourth-order valence-corrected chi connectivity index (χ4v) is 3.29. The van der Waals surface area contributed by atoms with Gasteiger partial charge >= 0.3 is 0 Å². The predicted octanol–water partition coefficient (Wildman–Crippen LogP) is 1.33. The molecule has 100 valence electrons. The van der Waals surface area contributed by atoms with E-state index in [9.17, 15) is 12.8 Å². The summed E-state index contributed by atoms with van der Waals surface area (Å²) in [5, 5.41) is -0.549. The minimum Gasteiger partial charge on any atom is -0.399 e. The molecular weight excluding hydrogens is 259 g/mol. The molecule has 1 aromatic carbocycles. The van der Waals surface area contributed by atoms with Crippen LogP contribution < -0.4 is 10.5 Å². The van der Waals surface area contributed by atoms with Gasteiger partial charge in [-0.15, -0.1) is 0 Å². The van der Waals surface area contributed by atoms with Crippen molar-refractivity contribution in [1.29, 1.82) is 0 Å². The summed E-state index contributed by atoms with van der Waals surface area (Å²) < 4.78 is 44.9. The van der Waals surface area contributed by atoms with Crippen molar-refractivity contribution in [1.82, 2.24) is 0 Å². The number of benzene rings is 1. The fourth-order valence-electron chi connectivity index (χ4n) is 1.84. The lowest BCUT2D eigenvalue weighted by molar-refractivity contribution is 0.0984. The molecule has 1 aliphatic rings. The first kappa shape index (κ1) is 13.1. The molecule has 0 saturated carbocycles. The van der Waals surface area contributed by atoms with Crippen LogP contribution in [0, 0.1) is 5.82 Å². The Morgan fingerprint density at radius 2 is 2.00 bits per heavy atom.